The third-order valence-electron chi connectivity index (χ3n) is 1.94. The maximum absolute atomic E-state index is 10.6. The van der Waals surface area contributed by atoms with Crippen molar-refractivity contribution in [2.75, 3.05) is 5.32 Å². The second kappa shape index (κ2) is 5.24. The molecule has 2 aromatic rings. The number of anilines is 1. The van der Waals surface area contributed by atoms with E-state index in [1.54, 1.807) is 11.3 Å². The lowest BCUT2D eigenvalue weighted by molar-refractivity contribution is 0.0690. The SMILES string of the molecule is O=C(O)c1cnc(NCc2cc(Br)cs2)cn1. The van der Waals surface area contributed by atoms with Crippen LogP contribution in [-0.2, 0) is 6.54 Å². The number of carboxylic acids is 1. The monoisotopic (exact) mass is 313 g/mol. The number of aromatic nitrogens is 2. The smallest absolute Gasteiger partial charge is 0.356 e. The van der Waals surface area contributed by atoms with E-state index in [-0.39, 0.29) is 5.69 Å². The second-order valence-electron chi connectivity index (χ2n) is 3.18. The molecule has 0 saturated carbocycles. The van der Waals surface area contributed by atoms with Gasteiger partial charge in [-0.05, 0) is 22.0 Å². The number of carbonyl (C=O) groups is 1. The van der Waals surface area contributed by atoms with Crippen LogP contribution in [-0.4, -0.2) is 21.0 Å². The summed E-state index contributed by atoms with van der Waals surface area (Å²) in [5.74, 6) is -0.522. The van der Waals surface area contributed by atoms with Gasteiger partial charge in [0.1, 0.15) is 5.82 Å². The normalized spacial score (nSPS) is 10.2. The average molecular weight is 314 g/mol. The lowest BCUT2D eigenvalue weighted by Crippen LogP contribution is -2.04. The molecule has 0 saturated heterocycles. The summed E-state index contributed by atoms with van der Waals surface area (Å²) in [6.45, 7) is 0.636. The first-order valence-electron chi connectivity index (χ1n) is 4.67. The fourth-order valence-electron chi connectivity index (χ4n) is 1.15. The molecular formula is C10H8BrN3O2S. The minimum atomic E-state index is -1.08. The van der Waals surface area contributed by atoms with Gasteiger partial charge in [-0.15, -0.1) is 11.3 Å². The van der Waals surface area contributed by atoms with Crippen LogP contribution in [0.15, 0.2) is 28.3 Å². The third kappa shape index (κ3) is 3.24. The molecule has 88 valence electrons. The quantitative estimate of drug-likeness (QED) is 0.907. The molecular weight excluding hydrogens is 306 g/mol. The van der Waals surface area contributed by atoms with Crippen LogP contribution in [0.1, 0.15) is 15.4 Å². The molecule has 2 aromatic heterocycles. The summed E-state index contributed by atoms with van der Waals surface area (Å²) in [6.07, 6.45) is 2.64. The zero-order valence-electron chi connectivity index (χ0n) is 8.55. The lowest BCUT2D eigenvalue weighted by Gasteiger charge is -2.02. The van der Waals surface area contributed by atoms with Gasteiger partial charge in [-0.1, -0.05) is 0 Å². The van der Waals surface area contributed by atoms with Crippen molar-refractivity contribution in [3.8, 4) is 0 Å². The molecule has 2 rings (SSSR count). The summed E-state index contributed by atoms with van der Waals surface area (Å²) in [5.41, 5.74) is -0.0607. The highest BCUT2D eigenvalue weighted by molar-refractivity contribution is 9.10. The Bertz CT molecular complexity index is 527. The van der Waals surface area contributed by atoms with Gasteiger partial charge < -0.3 is 10.4 Å². The van der Waals surface area contributed by atoms with Gasteiger partial charge in [-0.2, -0.15) is 0 Å². The van der Waals surface area contributed by atoms with Gasteiger partial charge >= 0.3 is 5.97 Å². The lowest BCUT2D eigenvalue weighted by atomic mass is 10.4. The first kappa shape index (κ1) is 12.0. The molecule has 0 radical (unpaired) electrons. The molecule has 0 fully saturated rings. The topological polar surface area (TPSA) is 75.1 Å². The summed E-state index contributed by atoms with van der Waals surface area (Å²) < 4.78 is 1.05. The molecule has 0 bridgehead atoms. The molecule has 0 unspecified atom stereocenters. The Hall–Kier alpha value is -1.47. The second-order valence-corrected chi connectivity index (χ2v) is 5.09. The molecule has 0 amide bonds. The van der Waals surface area contributed by atoms with Crippen molar-refractivity contribution < 1.29 is 9.90 Å². The Morgan fingerprint density at radius 3 is 2.82 bits per heavy atom. The van der Waals surface area contributed by atoms with E-state index in [1.165, 1.54) is 12.4 Å². The Labute approximate surface area is 110 Å². The van der Waals surface area contributed by atoms with Crippen LogP contribution in [0.4, 0.5) is 5.82 Å². The van der Waals surface area contributed by atoms with Crippen molar-refractivity contribution in [2.24, 2.45) is 0 Å². The van der Waals surface area contributed by atoms with E-state index < -0.39 is 5.97 Å². The zero-order chi connectivity index (χ0) is 12.3. The number of carboxylic acid groups (broad SMARTS) is 1. The molecule has 0 aliphatic heterocycles. The summed E-state index contributed by atoms with van der Waals surface area (Å²) in [7, 11) is 0. The van der Waals surface area contributed by atoms with Gasteiger partial charge in [0, 0.05) is 14.7 Å². The van der Waals surface area contributed by atoms with Gasteiger partial charge in [0.15, 0.2) is 5.69 Å². The molecule has 7 heteroatoms. The van der Waals surface area contributed by atoms with Crippen LogP contribution in [0.2, 0.25) is 0 Å². The Morgan fingerprint density at radius 1 is 1.47 bits per heavy atom. The number of aromatic carboxylic acids is 1. The number of hydrogen-bond acceptors (Lipinski definition) is 5. The maximum Gasteiger partial charge on any atom is 0.356 e. The standard InChI is InChI=1S/C10H8BrN3O2S/c11-6-1-7(17-5-6)2-13-9-4-12-8(3-14-9)10(15)16/h1,3-5H,2H2,(H,13,14)(H,15,16). The van der Waals surface area contributed by atoms with Crippen molar-refractivity contribution in [3.63, 3.8) is 0 Å². The van der Waals surface area contributed by atoms with Crippen molar-refractivity contribution in [1.82, 2.24) is 9.97 Å². The number of hydrogen-bond donors (Lipinski definition) is 2. The van der Waals surface area contributed by atoms with Gasteiger partial charge in [-0.25, -0.2) is 14.8 Å². The van der Waals surface area contributed by atoms with Crippen molar-refractivity contribution in [1.29, 1.82) is 0 Å². The van der Waals surface area contributed by atoms with E-state index in [2.05, 4.69) is 31.2 Å². The molecule has 0 aliphatic carbocycles. The van der Waals surface area contributed by atoms with Crippen LogP contribution >= 0.6 is 27.3 Å². The summed E-state index contributed by atoms with van der Waals surface area (Å²) in [4.78, 5) is 19.4. The fraction of sp³-hybridized carbons (Fsp3) is 0.100. The van der Waals surface area contributed by atoms with Crippen LogP contribution in [0, 0.1) is 0 Å². The van der Waals surface area contributed by atoms with Crippen molar-refractivity contribution >= 4 is 39.1 Å². The fourth-order valence-corrected chi connectivity index (χ4v) is 2.54. The number of halogens is 1. The van der Waals surface area contributed by atoms with Crippen LogP contribution in [0.3, 0.4) is 0 Å². The van der Waals surface area contributed by atoms with Crippen LogP contribution in [0.5, 0.6) is 0 Å². The van der Waals surface area contributed by atoms with E-state index in [1.807, 2.05) is 11.4 Å². The van der Waals surface area contributed by atoms with E-state index in [9.17, 15) is 4.79 Å². The van der Waals surface area contributed by atoms with Crippen molar-refractivity contribution in [2.45, 2.75) is 6.54 Å². The number of rotatable bonds is 4. The van der Waals surface area contributed by atoms with E-state index in [0.717, 1.165) is 9.35 Å². The summed E-state index contributed by atoms with van der Waals surface area (Å²) in [6, 6.07) is 2.01. The van der Waals surface area contributed by atoms with E-state index in [4.69, 9.17) is 5.11 Å². The highest BCUT2D eigenvalue weighted by atomic mass is 79.9. The number of nitrogens with zero attached hydrogens (tertiary/aromatic N) is 2. The summed E-state index contributed by atoms with van der Waals surface area (Å²) in [5, 5.41) is 13.7. The molecule has 0 atom stereocenters. The Kier molecular flexibility index (Phi) is 3.70. The summed E-state index contributed by atoms with van der Waals surface area (Å²) >= 11 is 5.00. The molecule has 0 spiro atoms. The van der Waals surface area contributed by atoms with Crippen LogP contribution in [0.25, 0.3) is 0 Å². The highest BCUT2D eigenvalue weighted by Gasteiger charge is 2.04. The zero-order valence-corrected chi connectivity index (χ0v) is 11.0. The van der Waals surface area contributed by atoms with E-state index in [0.29, 0.717) is 12.4 Å². The first-order valence-corrected chi connectivity index (χ1v) is 6.34. The van der Waals surface area contributed by atoms with Gasteiger partial charge in [0.05, 0.1) is 18.9 Å². The Balaban J connectivity index is 1.97. The van der Waals surface area contributed by atoms with Gasteiger partial charge in [0.25, 0.3) is 0 Å². The third-order valence-corrected chi connectivity index (χ3v) is 3.63. The molecule has 0 aliphatic rings. The van der Waals surface area contributed by atoms with Gasteiger partial charge in [0.2, 0.25) is 0 Å². The minimum absolute atomic E-state index is 0.0607. The average Bonchev–Trinajstić information content (AvgIpc) is 2.73. The van der Waals surface area contributed by atoms with Crippen molar-refractivity contribution in [3.05, 3.63) is 38.9 Å². The van der Waals surface area contributed by atoms with E-state index >= 15 is 0 Å². The molecule has 0 aromatic carbocycles. The molecule has 5 nitrogen and oxygen atoms in total. The maximum atomic E-state index is 10.6. The van der Waals surface area contributed by atoms with Gasteiger partial charge in [-0.3, -0.25) is 0 Å². The molecule has 17 heavy (non-hydrogen) atoms. The Morgan fingerprint density at radius 2 is 2.29 bits per heavy atom. The molecule has 2 N–H and O–H groups in total. The first-order chi connectivity index (χ1) is 8.15. The highest BCUT2D eigenvalue weighted by Crippen LogP contribution is 2.20. The number of thiophene rings is 1. The predicted molar refractivity (Wildman–Crippen MR) is 68.3 cm³/mol. The number of nitrogens with one attached hydrogen (secondary N) is 1. The molecule has 2 heterocycles. The van der Waals surface area contributed by atoms with Crippen LogP contribution < -0.4 is 5.32 Å². The largest absolute Gasteiger partial charge is 0.476 e. The predicted octanol–water partition coefficient (Wildman–Crippen LogP) is 2.61. The minimum Gasteiger partial charge on any atom is -0.476 e.